The minimum Gasteiger partial charge on any atom is -0.486 e. The average Bonchev–Trinajstić information content (AvgIpc) is 2.86. The highest BCUT2D eigenvalue weighted by atomic mass is 19.4. The third-order valence-corrected chi connectivity index (χ3v) is 5.38. The third kappa shape index (κ3) is 6.32. The van der Waals surface area contributed by atoms with Gasteiger partial charge in [-0.2, -0.15) is 26.3 Å². The molecule has 4 rings (SSSR count). The van der Waals surface area contributed by atoms with Crippen LogP contribution < -0.4 is 14.8 Å². The molecule has 0 bridgehead atoms. The van der Waals surface area contributed by atoms with Crippen LogP contribution in [-0.4, -0.2) is 19.1 Å². The monoisotopic (exact) mass is 519 g/mol. The van der Waals surface area contributed by atoms with Gasteiger partial charge in [0, 0.05) is 6.08 Å². The van der Waals surface area contributed by atoms with E-state index in [-0.39, 0.29) is 0 Å². The molecule has 10 heteroatoms. The van der Waals surface area contributed by atoms with E-state index < -0.39 is 29.4 Å². The van der Waals surface area contributed by atoms with E-state index in [2.05, 4.69) is 5.32 Å². The summed E-state index contributed by atoms with van der Waals surface area (Å²) in [5.74, 6) is 0.346. The predicted octanol–water partition coefficient (Wildman–Crippen LogP) is 7.12. The Kier molecular flexibility index (Phi) is 7.28. The van der Waals surface area contributed by atoms with Crippen LogP contribution in [0.1, 0.15) is 22.3 Å². The second-order valence-electron chi connectivity index (χ2n) is 7.91. The van der Waals surface area contributed by atoms with Gasteiger partial charge in [0.05, 0.1) is 16.8 Å². The van der Waals surface area contributed by atoms with Crippen molar-refractivity contribution in [3.63, 3.8) is 0 Å². The molecule has 0 unspecified atom stereocenters. The van der Waals surface area contributed by atoms with Crippen molar-refractivity contribution < 1.29 is 40.6 Å². The lowest BCUT2D eigenvalue weighted by molar-refractivity contribution is -0.138. The van der Waals surface area contributed by atoms with Gasteiger partial charge in [-0.3, -0.25) is 4.79 Å². The Labute approximate surface area is 207 Å². The number of ether oxygens (including phenoxy) is 2. The fourth-order valence-corrected chi connectivity index (χ4v) is 3.61. The summed E-state index contributed by atoms with van der Waals surface area (Å²) in [6.07, 6.45) is -5.12. The van der Waals surface area contributed by atoms with E-state index in [0.29, 0.717) is 47.1 Å². The Hall–Kier alpha value is -4.21. The first-order valence-corrected chi connectivity index (χ1v) is 11.0. The van der Waals surface area contributed by atoms with Crippen LogP contribution in [0.5, 0.6) is 11.5 Å². The molecule has 37 heavy (non-hydrogen) atoms. The number of para-hydroxylation sites is 1. The molecule has 1 heterocycles. The van der Waals surface area contributed by atoms with Gasteiger partial charge >= 0.3 is 12.4 Å². The summed E-state index contributed by atoms with van der Waals surface area (Å²) in [5.41, 5.74) is -0.381. The second-order valence-corrected chi connectivity index (χ2v) is 7.91. The van der Waals surface area contributed by atoms with Gasteiger partial charge in [-0.1, -0.05) is 42.5 Å². The minimum absolute atomic E-state index is 0.320. The lowest BCUT2D eigenvalue weighted by atomic mass is 9.95. The van der Waals surface area contributed by atoms with Gasteiger partial charge in [0.15, 0.2) is 11.5 Å². The van der Waals surface area contributed by atoms with Crippen molar-refractivity contribution in [2.45, 2.75) is 12.4 Å². The summed E-state index contributed by atoms with van der Waals surface area (Å²) >= 11 is 0. The maximum atomic E-state index is 13.0. The first-order chi connectivity index (χ1) is 17.5. The number of amides is 1. The Bertz CT molecular complexity index is 1260. The van der Waals surface area contributed by atoms with Gasteiger partial charge in [-0.15, -0.1) is 0 Å². The quantitative estimate of drug-likeness (QED) is 0.222. The van der Waals surface area contributed by atoms with Crippen molar-refractivity contribution in [1.29, 1.82) is 0 Å². The second kappa shape index (κ2) is 10.4. The molecule has 0 saturated heterocycles. The van der Waals surface area contributed by atoms with E-state index in [1.165, 1.54) is 42.5 Å². The van der Waals surface area contributed by atoms with Crippen molar-refractivity contribution in [3.8, 4) is 11.5 Å². The molecule has 4 nitrogen and oxygen atoms in total. The fraction of sp³-hybridized carbons (Fsp3) is 0.148. The number of anilines is 1. The van der Waals surface area contributed by atoms with Crippen LogP contribution in [0, 0.1) is 0 Å². The fourth-order valence-electron chi connectivity index (χ4n) is 3.61. The highest BCUT2D eigenvalue weighted by molar-refractivity contribution is 6.01. The zero-order valence-corrected chi connectivity index (χ0v) is 19.0. The van der Waals surface area contributed by atoms with Crippen LogP contribution in [0.4, 0.5) is 32.0 Å². The largest absolute Gasteiger partial charge is 0.486 e. The molecule has 3 aromatic carbocycles. The molecule has 0 atom stereocenters. The average molecular weight is 519 g/mol. The van der Waals surface area contributed by atoms with Gasteiger partial charge < -0.3 is 14.8 Å². The molecular formula is C27H19F6NO3. The Morgan fingerprint density at radius 3 is 1.84 bits per heavy atom. The SMILES string of the molecule is O=C(/C=C/C=C(c1ccc(C(F)(F)F)cc1)c1ccc(C(F)(F)F)cc1)Nc1cccc2c1OCCO2. The number of allylic oxidation sites excluding steroid dienone is 2. The molecule has 0 aromatic heterocycles. The first-order valence-electron chi connectivity index (χ1n) is 11.0. The van der Waals surface area contributed by atoms with Crippen molar-refractivity contribution in [1.82, 2.24) is 0 Å². The Morgan fingerprint density at radius 1 is 0.757 bits per heavy atom. The predicted molar refractivity (Wildman–Crippen MR) is 125 cm³/mol. The zero-order chi connectivity index (χ0) is 26.6. The van der Waals surface area contributed by atoms with Gasteiger partial charge in [0.2, 0.25) is 5.91 Å². The molecule has 1 aliphatic heterocycles. The number of hydrogen-bond acceptors (Lipinski definition) is 3. The first kappa shape index (κ1) is 25.9. The lowest BCUT2D eigenvalue weighted by Crippen LogP contribution is -2.17. The van der Waals surface area contributed by atoms with Crippen molar-refractivity contribution in [2.75, 3.05) is 18.5 Å². The number of rotatable bonds is 5. The van der Waals surface area contributed by atoms with Crippen LogP contribution in [0.25, 0.3) is 5.57 Å². The number of nitrogens with one attached hydrogen (secondary N) is 1. The standard InChI is InChI=1S/C27H19F6NO3/c28-26(29,30)19-11-7-17(8-12-19)21(18-9-13-20(14-10-18)27(31,32)33)3-1-6-24(35)34-22-4-2-5-23-25(22)37-16-15-36-23/h1-14H,15-16H2,(H,34,35)/b6-1+. The normalized spacial score (nSPS) is 13.4. The van der Waals surface area contributed by atoms with E-state index in [9.17, 15) is 31.1 Å². The molecule has 0 aliphatic carbocycles. The highest BCUT2D eigenvalue weighted by Crippen LogP contribution is 2.37. The van der Waals surface area contributed by atoms with Crippen molar-refractivity contribution >= 4 is 17.2 Å². The molecule has 1 amide bonds. The molecule has 0 spiro atoms. The summed E-state index contributed by atoms with van der Waals surface area (Å²) in [6.45, 7) is 0.702. The van der Waals surface area contributed by atoms with E-state index in [1.807, 2.05) is 0 Å². The summed E-state index contributed by atoms with van der Waals surface area (Å²) in [5, 5.41) is 2.66. The number of hydrogen-bond donors (Lipinski definition) is 1. The highest BCUT2D eigenvalue weighted by Gasteiger charge is 2.31. The Balaban J connectivity index is 1.61. The van der Waals surface area contributed by atoms with Gasteiger partial charge in [0.25, 0.3) is 0 Å². The maximum Gasteiger partial charge on any atom is 0.416 e. The number of carbonyl (C=O) groups excluding carboxylic acids is 1. The summed E-state index contributed by atoms with van der Waals surface area (Å²) in [7, 11) is 0. The summed E-state index contributed by atoms with van der Waals surface area (Å²) in [4.78, 5) is 12.5. The molecule has 0 radical (unpaired) electrons. The summed E-state index contributed by atoms with van der Waals surface area (Å²) < 4.78 is 88.9. The minimum atomic E-state index is -4.54. The van der Waals surface area contributed by atoms with Crippen molar-refractivity contribution in [3.05, 3.63) is 107 Å². The van der Waals surface area contributed by atoms with Crippen molar-refractivity contribution in [2.24, 2.45) is 0 Å². The number of fused-ring (bicyclic) bond motifs is 1. The maximum absolute atomic E-state index is 13.0. The molecule has 192 valence electrons. The van der Waals surface area contributed by atoms with Crippen LogP contribution in [0.15, 0.2) is 85.0 Å². The number of carbonyl (C=O) groups is 1. The van der Waals surface area contributed by atoms with Crippen LogP contribution in [0.3, 0.4) is 0 Å². The van der Waals surface area contributed by atoms with E-state index in [1.54, 1.807) is 18.2 Å². The third-order valence-electron chi connectivity index (χ3n) is 5.38. The molecule has 1 N–H and O–H groups in total. The van der Waals surface area contributed by atoms with Gasteiger partial charge in [-0.05, 0) is 53.1 Å². The van der Waals surface area contributed by atoms with E-state index >= 15 is 0 Å². The number of benzene rings is 3. The topological polar surface area (TPSA) is 47.6 Å². The molecule has 1 aliphatic rings. The Morgan fingerprint density at radius 2 is 1.30 bits per heavy atom. The van der Waals surface area contributed by atoms with Crippen LogP contribution in [0.2, 0.25) is 0 Å². The van der Waals surface area contributed by atoms with Gasteiger partial charge in [0.1, 0.15) is 13.2 Å². The number of alkyl halides is 6. The molecule has 3 aromatic rings. The molecule has 0 saturated carbocycles. The number of halogens is 6. The van der Waals surface area contributed by atoms with Gasteiger partial charge in [-0.25, -0.2) is 0 Å². The smallest absolute Gasteiger partial charge is 0.416 e. The molecular weight excluding hydrogens is 500 g/mol. The van der Waals surface area contributed by atoms with Crippen LogP contribution in [-0.2, 0) is 17.1 Å². The van der Waals surface area contributed by atoms with Crippen LogP contribution >= 0.6 is 0 Å². The van der Waals surface area contributed by atoms with E-state index in [0.717, 1.165) is 24.3 Å². The zero-order valence-electron chi connectivity index (χ0n) is 19.0. The van der Waals surface area contributed by atoms with E-state index in [4.69, 9.17) is 9.47 Å². The molecule has 0 fully saturated rings. The lowest BCUT2D eigenvalue weighted by Gasteiger charge is -2.20. The summed E-state index contributed by atoms with van der Waals surface area (Å²) in [6, 6.07) is 13.4.